The molecule has 4 aromatic rings. The van der Waals surface area contributed by atoms with Crippen LogP contribution >= 0.6 is 11.8 Å². The number of nitrogens with one attached hydrogen (secondary N) is 1. The summed E-state index contributed by atoms with van der Waals surface area (Å²) in [7, 11) is 1.84. The number of imidazole rings is 1. The Balaban J connectivity index is 1.46. The van der Waals surface area contributed by atoms with Crippen molar-refractivity contribution in [2.24, 2.45) is 0 Å². The predicted octanol–water partition coefficient (Wildman–Crippen LogP) is 3.58. The normalized spacial score (nSPS) is 11.4. The topological polar surface area (TPSA) is 66.3 Å². The second-order valence-electron chi connectivity index (χ2n) is 6.73. The lowest BCUT2D eigenvalue weighted by atomic mass is 10.1. The van der Waals surface area contributed by atoms with Gasteiger partial charge in [0, 0.05) is 13.6 Å². The van der Waals surface area contributed by atoms with E-state index in [9.17, 15) is 4.79 Å². The SMILES string of the molecule is Cc1ccc(CN(C)C(=O)CSc2n[nH]c3nc4ccccc4n23)c(C)c1. The number of fused-ring (bicyclic) bond motifs is 3. The van der Waals surface area contributed by atoms with Gasteiger partial charge < -0.3 is 4.90 Å². The zero-order valence-electron chi connectivity index (χ0n) is 15.6. The van der Waals surface area contributed by atoms with Crippen molar-refractivity contribution in [3.8, 4) is 0 Å². The molecule has 0 saturated carbocycles. The van der Waals surface area contributed by atoms with E-state index >= 15 is 0 Å². The lowest BCUT2D eigenvalue weighted by Gasteiger charge is -2.18. The standard InChI is InChI=1S/C20H21N5OS/c1-13-8-9-15(14(2)10-13)11-24(3)18(26)12-27-20-23-22-19-21-16-6-4-5-7-17(16)25(19)20/h4-10H,11-12H2,1-3H3,(H,21,22). The van der Waals surface area contributed by atoms with Gasteiger partial charge in [0.2, 0.25) is 11.7 Å². The second kappa shape index (κ2) is 7.08. The molecule has 1 N–H and O–H groups in total. The van der Waals surface area contributed by atoms with Crippen LogP contribution in [0.15, 0.2) is 47.6 Å². The molecule has 7 heteroatoms. The molecule has 1 amide bonds. The summed E-state index contributed by atoms with van der Waals surface area (Å²) >= 11 is 1.42. The van der Waals surface area contributed by atoms with E-state index in [1.807, 2.05) is 35.7 Å². The number of amides is 1. The van der Waals surface area contributed by atoms with Gasteiger partial charge in [-0.15, -0.1) is 5.10 Å². The molecule has 0 unspecified atom stereocenters. The summed E-state index contributed by atoms with van der Waals surface area (Å²) in [5, 5.41) is 7.99. The van der Waals surface area contributed by atoms with Crippen molar-refractivity contribution in [1.29, 1.82) is 0 Å². The van der Waals surface area contributed by atoms with Gasteiger partial charge in [-0.3, -0.25) is 9.20 Å². The molecule has 0 radical (unpaired) electrons. The Hall–Kier alpha value is -2.80. The first-order valence-electron chi connectivity index (χ1n) is 8.77. The van der Waals surface area contributed by atoms with E-state index < -0.39 is 0 Å². The van der Waals surface area contributed by atoms with Gasteiger partial charge in [-0.25, -0.2) is 10.1 Å². The number of carbonyl (C=O) groups is 1. The van der Waals surface area contributed by atoms with Crippen LogP contribution in [0.1, 0.15) is 16.7 Å². The third-order valence-electron chi connectivity index (χ3n) is 4.66. The van der Waals surface area contributed by atoms with E-state index in [4.69, 9.17) is 0 Å². The third kappa shape index (κ3) is 3.42. The van der Waals surface area contributed by atoms with Gasteiger partial charge in [0.15, 0.2) is 5.16 Å². The Kier molecular flexibility index (Phi) is 4.61. The minimum absolute atomic E-state index is 0.0699. The molecule has 0 spiro atoms. The molecule has 0 aliphatic carbocycles. The molecule has 27 heavy (non-hydrogen) atoms. The molecule has 2 aromatic heterocycles. The Bertz CT molecular complexity index is 1130. The van der Waals surface area contributed by atoms with Crippen molar-refractivity contribution in [3.05, 3.63) is 59.2 Å². The first-order chi connectivity index (χ1) is 13.0. The minimum atomic E-state index is 0.0699. The van der Waals surface area contributed by atoms with Crippen molar-refractivity contribution in [2.45, 2.75) is 25.5 Å². The minimum Gasteiger partial charge on any atom is -0.341 e. The van der Waals surface area contributed by atoms with Crippen molar-refractivity contribution in [1.82, 2.24) is 24.5 Å². The maximum atomic E-state index is 12.6. The number of nitrogens with zero attached hydrogens (tertiary/aromatic N) is 4. The molecule has 138 valence electrons. The van der Waals surface area contributed by atoms with E-state index in [-0.39, 0.29) is 5.91 Å². The average Bonchev–Trinajstić information content (AvgIpc) is 3.21. The van der Waals surface area contributed by atoms with E-state index in [1.54, 1.807) is 4.90 Å². The summed E-state index contributed by atoms with van der Waals surface area (Å²) in [6, 6.07) is 14.2. The summed E-state index contributed by atoms with van der Waals surface area (Å²) in [5.74, 6) is 1.09. The number of thioether (sulfide) groups is 1. The van der Waals surface area contributed by atoms with Crippen LogP contribution in [0.5, 0.6) is 0 Å². The Morgan fingerprint density at radius 1 is 1.22 bits per heavy atom. The van der Waals surface area contributed by atoms with Crippen LogP contribution in [0.3, 0.4) is 0 Å². The number of aromatic amines is 1. The molecule has 0 bridgehead atoms. The smallest absolute Gasteiger partial charge is 0.233 e. The van der Waals surface area contributed by atoms with Crippen molar-refractivity contribution < 1.29 is 4.79 Å². The summed E-state index contributed by atoms with van der Waals surface area (Å²) in [6.07, 6.45) is 0. The van der Waals surface area contributed by atoms with E-state index in [0.29, 0.717) is 18.1 Å². The monoisotopic (exact) mass is 379 g/mol. The van der Waals surface area contributed by atoms with Crippen molar-refractivity contribution in [3.63, 3.8) is 0 Å². The van der Waals surface area contributed by atoms with Crippen LogP contribution in [0, 0.1) is 13.8 Å². The summed E-state index contributed by atoms with van der Waals surface area (Å²) in [5.41, 5.74) is 5.51. The second-order valence-corrected chi connectivity index (χ2v) is 7.68. The first-order valence-corrected chi connectivity index (χ1v) is 9.76. The zero-order chi connectivity index (χ0) is 19.0. The first kappa shape index (κ1) is 17.6. The number of benzene rings is 2. The van der Waals surface area contributed by atoms with Gasteiger partial charge in [-0.1, -0.05) is 47.7 Å². The molecule has 0 aliphatic rings. The number of hydrogen-bond acceptors (Lipinski definition) is 4. The van der Waals surface area contributed by atoms with E-state index in [0.717, 1.165) is 16.2 Å². The zero-order valence-corrected chi connectivity index (χ0v) is 16.4. The summed E-state index contributed by atoms with van der Waals surface area (Å²) in [6.45, 7) is 4.77. The Morgan fingerprint density at radius 3 is 2.85 bits per heavy atom. The number of carbonyl (C=O) groups excluding carboxylic acids is 1. The van der Waals surface area contributed by atoms with Gasteiger partial charge >= 0.3 is 0 Å². The molecule has 0 aliphatic heterocycles. The highest BCUT2D eigenvalue weighted by Crippen LogP contribution is 2.23. The van der Waals surface area contributed by atoms with Crippen LogP contribution in [-0.4, -0.2) is 43.2 Å². The molecule has 2 heterocycles. The lowest BCUT2D eigenvalue weighted by Crippen LogP contribution is -2.28. The number of aryl methyl sites for hydroxylation is 2. The average molecular weight is 379 g/mol. The number of hydrogen-bond donors (Lipinski definition) is 1. The molecular weight excluding hydrogens is 358 g/mol. The van der Waals surface area contributed by atoms with E-state index in [1.165, 1.54) is 28.5 Å². The van der Waals surface area contributed by atoms with Crippen LogP contribution in [0.4, 0.5) is 0 Å². The molecular formula is C20H21N5OS. The van der Waals surface area contributed by atoms with Crippen LogP contribution in [-0.2, 0) is 11.3 Å². The highest BCUT2D eigenvalue weighted by atomic mass is 32.2. The van der Waals surface area contributed by atoms with Crippen molar-refractivity contribution in [2.75, 3.05) is 12.8 Å². The fourth-order valence-corrected chi connectivity index (χ4v) is 4.04. The largest absolute Gasteiger partial charge is 0.341 e. The van der Waals surface area contributed by atoms with Gasteiger partial charge in [-0.2, -0.15) is 0 Å². The highest BCUT2D eigenvalue weighted by molar-refractivity contribution is 7.99. The molecule has 6 nitrogen and oxygen atoms in total. The van der Waals surface area contributed by atoms with Gasteiger partial charge in [0.25, 0.3) is 0 Å². The van der Waals surface area contributed by atoms with Gasteiger partial charge in [0.1, 0.15) is 0 Å². The fraction of sp³-hybridized carbons (Fsp3) is 0.250. The molecule has 0 atom stereocenters. The Labute approximate surface area is 161 Å². The van der Waals surface area contributed by atoms with Crippen LogP contribution in [0.2, 0.25) is 0 Å². The van der Waals surface area contributed by atoms with E-state index in [2.05, 4.69) is 47.2 Å². The Morgan fingerprint density at radius 2 is 2.04 bits per heavy atom. The number of H-pyrrole nitrogens is 1. The van der Waals surface area contributed by atoms with Crippen LogP contribution in [0.25, 0.3) is 16.8 Å². The molecule has 0 fully saturated rings. The predicted molar refractivity (Wildman–Crippen MR) is 108 cm³/mol. The summed E-state index contributed by atoms with van der Waals surface area (Å²) < 4.78 is 1.96. The molecule has 0 saturated heterocycles. The highest BCUT2D eigenvalue weighted by Gasteiger charge is 2.16. The number of aromatic nitrogens is 4. The molecule has 2 aromatic carbocycles. The fourth-order valence-electron chi connectivity index (χ4n) is 3.14. The van der Waals surface area contributed by atoms with Gasteiger partial charge in [0.05, 0.1) is 16.8 Å². The van der Waals surface area contributed by atoms with Crippen LogP contribution < -0.4 is 0 Å². The number of para-hydroxylation sites is 2. The summed E-state index contributed by atoms with van der Waals surface area (Å²) in [4.78, 5) is 18.9. The number of rotatable bonds is 5. The third-order valence-corrected chi connectivity index (χ3v) is 5.58. The van der Waals surface area contributed by atoms with Gasteiger partial charge in [-0.05, 0) is 37.1 Å². The molecule has 4 rings (SSSR count). The maximum Gasteiger partial charge on any atom is 0.233 e. The van der Waals surface area contributed by atoms with Crippen molar-refractivity contribution >= 4 is 34.5 Å². The lowest BCUT2D eigenvalue weighted by molar-refractivity contribution is -0.127. The maximum absolute atomic E-state index is 12.6. The quantitative estimate of drug-likeness (QED) is 0.538.